The zero-order valence-electron chi connectivity index (χ0n) is 9.60. The van der Waals surface area contributed by atoms with E-state index in [1.165, 1.54) is 0 Å². The van der Waals surface area contributed by atoms with Crippen LogP contribution in [0.4, 0.5) is 0 Å². The van der Waals surface area contributed by atoms with Crippen LogP contribution in [0.15, 0.2) is 0 Å². The average Bonchev–Trinajstić information content (AvgIpc) is 2.65. The Kier molecular flexibility index (Phi) is 4.16. The first-order valence-electron chi connectivity index (χ1n) is 5.62. The van der Waals surface area contributed by atoms with Crippen molar-refractivity contribution in [3.05, 3.63) is 0 Å². The van der Waals surface area contributed by atoms with Crippen molar-refractivity contribution in [2.45, 2.75) is 51.1 Å². The molecule has 1 fully saturated rings. The molecule has 0 saturated carbocycles. The molecule has 84 valence electrons. The van der Waals surface area contributed by atoms with Crippen molar-refractivity contribution in [1.29, 1.82) is 0 Å². The average molecular weight is 208 g/mol. The van der Waals surface area contributed by atoms with E-state index < -0.39 is 0 Å². The van der Waals surface area contributed by atoms with Gasteiger partial charge in [0.1, 0.15) is 0 Å². The summed E-state index contributed by atoms with van der Waals surface area (Å²) in [4.78, 5) is 12.0. The van der Waals surface area contributed by atoms with Crippen LogP contribution in [0.3, 0.4) is 0 Å². The number of terminal acetylenes is 1. The number of hydrogen-bond donors (Lipinski definition) is 2. The predicted octanol–water partition coefficient (Wildman–Crippen LogP) is 1.05. The van der Waals surface area contributed by atoms with Gasteiger partial charge in [0, 0.05) is 12.5 Å². The molecule has 0 aliphatic carbocycles. The van der Waals surface area contributed by atoms with E-state index in [1.807, 2.05) is 13.8 Å². The van der Waals surface area contributed by atoms with E-state index in [-0.39, 0.29) is 17.5 Å². The second-order valence-corrected chi connectivity index (χ2v) is 4.35. The van der Waals surface area contributed by atoms with Gasteiger partial charge in [-0.3, -0.25) is 4.79 Å². The molecule has 0 aromatic heterocycles. The molecule has 1 saturated heterocycles. The minimum atomic E-state index is -0.387. The van der Waals surface area contributed by atoms with Crippen molar-refractivity contribution in [3.8, 4) is 12.3 Å². The van der Waals surface area contributed by atoms with Crippen LogP contribution < -0.4 is 10.6 Å². The summed E-state index contributed by atoms with van der Waals surface area (Å²) < 4.78 is 0. The molecule has 1 amide bonds. The predicted molar refractivity (Wildman–Crippen MR) is 61.3 cm³/mol. The van der Waals surface area contributed by atoms with Crippen molar-refractivity contribution >= 4 is 5.91 Å². The molecule has 3 heteroatoms. The minimum absolute atomic E-state index is 0.0853. The molecular weight excluding hydrogens is 188 g/mol. The fraction of sp³-hybridized carbons (Fsp3) is 0.750. The summed E-state index contributed by atoms with van der Waals surface area (Å²) in [7, 11) is 0. The fourth-order valence-electron chi connectivity index (χ4n) is 1.87. The standard InChI is InChI=1S/C12H20N2O/c1-4-7-10(5-2)14-11(15)12(3)8-6-9-13-12/h1,10,13H,5-9H2,2-3H3,(H,14,15). The third-order valence-corrected chi connectivity index (χ3v) is 3.06. The lowest BCUT2D eigenvalue weighted by Crippen LogP contribution is -2.53. The van der Waals surface area contributed by atoms with Crippen LogP contribution in [0.5, 0.6) is 0 Å². The van der Waals surface area contributed by atoms with E-state index in [1.54, 1.807) is 0 Å². The van der Waals surface area contributed by atoms with Gasteiger partial charge in [0.15, 0.2) is 0 Å². The highest BCUT2D eigenvalue weighted by atomic mass is 16.2. The number of nitrogens with one attached hydrogen (secondary N) is 2. The van der Waals surface area contributed by atoms with Gasteiger partial charge in [-0.05, 0) is 32.7 Å². The highest BCUT2D eigenvalue weighted by Crippen LogP contribution is 2.18. The van der Waals surface area contributed by atoms with E-state index in [0.29, 0.717) is 6.42 Å². The molecule has 2 N–H and O–H groups in total. The summed E-state index contributed by atoms with van der Waals surface area (Å²) in [5.74, 6) is 2.68. The molecule has 1 aliphatic heterocycles. The van der Waals surface area contributed by atoms with E-state index in [9.17, 15) is 4.79 Å². The highest BCUT2D eigenvalue weighted by Gasteiger charge is 2.36. The molecule has 1 rings (SSSR count). The Bertz CT molecular complexity index is 261. The molecule has 15 heavy (non-hydrogen) atoms. The Balaban J connectivity index is 2.50. The van der Waals surface area contributed by atoms with Crippen LogP contribution in [0, 0.1) is 12.3 Å². The van der Waals surface area contributed by atoms with Crippen LogP contribution in [0.25, 0.3) is 0 Å². The first-order valence-corrected chi connectivity index (χ1v) is 5.62. The first kappa shape index (κ1) is 12.1. The Hall–Kier alpha value is -1.01. The lowest BCUT2D eigenvalue weighted by Gasteiger charge is -2.26. The van der Waals surface area contributed by atoms with Crippen molar-refractivity contribution in [3.63, 3.8) is 0 Å². The zero-order chi connectivity index (χ0) is 11.3. The molecule has 3 nitrogen and oxygen atoms in total. The quantitative estimate of drug-likeness (QED) is 0.678. The lowest BCUT2D eigenvalue weighted by atomic mass is 9.98. The van der Waals surface area contributed by atoms with Gasteiger partial charge in [0.25, 0.3) is 0 Å². The first-order chi connectivity index (χ1) is 7.12. The van der Waals surface area contributed by atoms with Gasteiger partial charge in [-0.15, -0.1) is 12.3 Å². The van der Waals surface area contributed by atoms with Crippen LogP contribution in [-0.2, 0) is 4.79 Å². The van der Waals surface area contributed by atoms with E-state index in [0.717, 1.165) is 25.8 Å². The van der Waals surface area contributed by atoms with Crippen molar-refractivity contribution in [2.75, 3.05) is 6.54 Å². The highest BCUT2D eigenvalue weighted by molar-refractivity contribution is 5.86. The van der Waals surface area contributed by atoms with Gasteiger partial charge in [-0.25, -0.2) is 0 Å². The molecule has 1 aliphatic rings. The maximum Gasteiger partial charge on any atom is 0.240 e. The number of amides is 1. The molecule has 2 atom stereocenters. The summed E-state index contributed by atoms with van der Waals surface area (Å²) in [5, 5.41) is 6.25. The van der Waals surface area contributed by atoms with Crippen LogP contribution >= 0.6 is 0 Å². The molecular formula is C12H20N2O. The summed E-state index contributed by atoms with van der Waals surface area (Å²) in [6.45, 7) is 4.92. The summed E-state index contributed by atoms with van der Waals surface area (Å²) in [6, 6.07) is 0.113. The maximum atomic E-state index is 12.0. The third-order valence-electron chi connectivity index (χ3n) is 3.06. The van der Waals surface area contributed by atoms with Gasteiger partial charge >= 0.3 is 0 Å². The number of rotatable bonds is 4. The van der Waals surface area contributed by atoms with Gasteiger partial charge in [0.05, 0.1) is 5.54 Å². The maximum absolute atomic E-state index is 12.0. The number of carbonyl (C=O) groups is 1. The van der Waals surface area contributed by atoms with E-state index in [2.05, 4.69) is 16.6 Å². The van der Waals surface area contributed by atoms with Gasteiger partial charge in [-0.2, -0.15) is 0 Å². The Morgan fingerprint density at radius 3 is 2.93 bits per heavy atom. The molecule has 0 radical (unpaired) electrons. The molecule has 0 aromatic rings. The van der Waals surface area contributed by atoms with Gasteiger partial charge in [0.2, 0.25) is 5.91 Å². The Morgan fingerprint density at radius 2 is 2.47 bits per heavy atom. The normalized spacial score (nSPS) is 27.0. The zero-order valence-corrected chi connectivity index (χ0v) is 9.60. The fourth-order valence-corrected chi connectivity index (χ4v) is 1.87. The SMILES string of the molecule is C#CCC(CC)NC(=O)C1(C)CCCN1. The second-order valence-electron chi connectivity index (χ2n) is 4.35. The van der Waals surface area contributed by atoms with Crippen LogP contribution in [-0.4, -0.2) is 24.0 Å². The van der Waals surface area contributed by atoms with E-state index in [4.69, 9.17) is 6.42 Å². The third kappa shape index (κ3) is 2.97. The van der Waals surface area contributed by atoms with Gasteiger partial charge < -0.3 is 10.6 Å². The largest absolute Gasteiger partial charge is 0.351 e. The minimum Gasteiger partial charge on any atom is -0.351 e. The molecule has 2 unspecified atom stereocenters. The Morgan fingerprint density at radius 1 is 1.73 bits per heavy atom. The monoisotopic (exact) mass is 208 g/mol. The van der Waals surface area contributed by atoms with Gasteiger partial charge in [-0.1, -0.05) is 6.92 Å². The molecule has 1 heterocycles. The van der Waals surface area contributed by atoms with Crippen molar-refractivity contribution in [1.82, 2.24) is 10.6 Å². The van der Waals surface area contributed by atoms with E-state index >= 15 is 0 Å². The van der Waals surface area contributed by atoms with Crippen molar-refractivity contribution < 1.29 is 4.79 Å². The summed E-state index contributed by atoms with van der Waals surface area (Å²) in [5.41, 5.74) is -0.387. The topological polar surface area (TPSA) is 41.1 Å². The smallest absolute Gasteiger partial charge is 0.240 e. The number of carbonyl (C=O) groups excluding carboxylic acids is 1. The van der Waals surface area contributed by atoms with Crippen LogP contribution in [0.1, 0.15) is 39.5 Å². The second kappa shape index (κ2) is 5.18. The lowest BCUT2D eigenvalue weighted by molar-refractivity contribution is -0.127. The summed E-state index contributed by atoms with van der Waals surface area (Å²) in [6.07, 6.45) is 8.71. The van der Waals surface area contributed by atoms with Crippen LogP contribution in [0.2, 0.25) is 0 Å². The van der Waals surface area contributed by atoms with Crippen molar-refractivity contribution in [2.24, 2.45) is 0 Å². The molecule has 0 bridgehead atoms. The molecule has 0 spiro atoms. The molecule has 0 aromatic carbocycles. The Labute approximate surface area is 92.0 Å². The number of hydrogen-bond acceptors (Lipinski definition) is 2. The summed E-state index contributed by atoms with van der Waals surface area (Å²) >= 11 is 0.